The highest BCUT2D eigenvalue weighted by Crippen LogP contribution is 2.33. The van der Waals surface area contributed by atoms with Gasteiger partial charge in [-0.25, -0.2) is 0 Å². The van der Waals surface area contributed by atoms with Crippen molar-refractivity contribution in [3.8, 4) is 0 Å². The molecule has 96 valence electrons. The van der Waals surface area contributed by atoms with Gasteiger partial charge in [-0.15, -0.1) is 0 Å². The zero-order valence-corrected chi connectivity index (χ0v) is 10.3. The van der Waals surface area contributed by atoms with E-state index in [0.29, 0.717) is 19.3 Å². The van der Waals surface area contributed by atoms with E-state index in [1.807, 2.05) is 0 Å². The van der Waals surface area contributed by atoms with E-state index in [0.717, 1.165) is 25.2 Å². The van der Waals surface area contributed by atoms with Gasteiger partial charge in [0.1, 0.15) is 5.78 Å². The second-order valence-corrected chi connectivity index (χ2v) is 5.62. The van der Waals surface area contributed by atoms with Crippen molar-refractivity contribution < 1.29 is 9.72 Å². The molecule has 0 saturated heterocycles. The van der Waals surface area contributed by atoms with E-state index in [-0.39, 0.29) is 16.6 Å². The lowest BCUT2D eigenvalue weighted by molar-refractivity contribution is -0.528. The fourth-order valence-electron chi connectivity index (χ4n) is 3.07. The molecule has 2 aliphatic carbocycles. The molecule has 0 aromatic heterocycles. The van der Waals surface area contributed by atoms with Gasteiger partial charge in [-0.1, -0.05) is 19.3 Å². The van der Waals surface area contributed by atoms with Crippen molar-refractivity contribution in [3.05, 3.63) is 10.1 Å². The van der Waals surface area contributed by atoms with Crippen LogP contribution in [0, 0.1) is 22.0 Å². The summed E-state index contributed by atoms with van der Waals surface area (Å²) in [6.45, 7) is 0. The van der Waals surface area contributed by atoms with Crippen molar-refractivity contribution in [1.29, 1.82) is 0 Å². The first-order valence-corrected chi connectivity index (χ1v) is 6.82. The van der Waals surface area contributed by atoms with Crippen LogP contribution in [0.2, 0.25) is 0 Å². The lowest BCUT2D eigenvalue weighted by Gasteiger charge is -2.24. The minimum absolute atomic E-state index is 0.0129. The molecule has 0 aliphatic heterocycles. The molecule has 2 rings (SSSR count). The van der Waals surface area contributed by atoms with E-state index >= 15 is 0 Å². The first-order valence-electron chi connectivity index (χ1n) is 6.82. The summed E-state index contributed by atoms with van der Waals surface area (Å²) in [7, 11) is 0. The molecule has 0 aromatic carbocycles. The lowest BCUT2D eigenvalue weighted by Crippen LogP contribution is -2.26. The molecule has 0 spiro atoms. The SMILES string of the molecule is O=C(CCC1CCC1)C[C@@H]1CCC[C@@H]1[N+](=O)[O-]. The Labute approximate surface area is 102 Å². The van der Waals surface area contributed by atoms with E-state index in [1.54, 1.807) is 0 Å². The number of hydrogen-bond donors (Lipinski definition) is 0. The Morgan fingerprint density at radius 2 is 1.88 bits per heavy atom. The van der Waals surface area contributed by atoms with Crippen molar-refractivity contribution in [1.82, 2.24) is 0 Å². The van der Waals surface area contributed by atoms with Gasteiger partial charge in [0.15, 0.2) is 0 Å². The summed E-state index contributed by atoms with van der Waals surface area (Å²) >= 11 is 0. The summed E-state index contributed by atoms with van der Waals surface area (Å²) in [5.74, 6) is 1.02. The molecule has 4 nitrogen and oxygen atoms in total. The normalized spacial score (nSPS) is 28.9. The Hall–Kier alpha value is -0.930. The van der Waals surface area contributed by atoms with Crippen LogP contribution in [0.25, 0.3) is 0 Å². The summed E-state index contributed by atoms with van der Waals surface area (Å²) in [5, 5.41) is 10.8. The summed E-state index contributed by atoms with van der Waals surface area (Å²) in [6.07, 6.45) is 8.38. The lowest BCUT2D eigenvalue weighted by atomic mass is 9.81. The van der Waals surface area contributed by atoms with Gasteiger partial charge < -0.3 is 0 Å². The topological polar surface area (TPSA) is 60.2 Å². The largest absolute Gasteiger partial charge is 0.300 e. The summed E-state index contributed by atoms with van der Waals surface area (Å²) in [4.78, 5) is 22.4. The molecule has 0 amide bonds. The van der Waals surface area contributed by atoms with Crippen LogP contribution in [0.5, 0.6) is 0 Å². The van der Waals surface area contributed by atoms with Crippen molar-refractivity contribution >= 4 is 5.78 Å². The average molecular weight is 239 g/mol. The van der Waals surface area contributed by atoms with Gasteiger partial charge in [-0.05, 0) is 25.2 Å². The maximum absolute atomic E-state index is 11.8. The monoisotopic (exact) mass is 239 g/mol. The molecule has 2 fully saturated rings. The fourth-order valence-corrected chi connectivity index (χ4v) is 3.07. The smallest absolute Gasteiger partial charge is 0.216 e. The minimum Gasteiger partial charge on any atom is -0.300 e. The van der Waals surface area contributed by atoms with Crippen LogP contribution in [-0.2, 0) is 4.79 Å². The fraction of sp³-hybridized carbons (Fsp3) is 0.923. The summed E-state index contributed by atoms with van der Waals surface area (Å²) in [5.41, 5.74) is 0. The predicted molar refractivity (Wildman–Crippen MR) is 64.3 cm³/mol. The Morgan fingerprint density at radius 1 is 1.18 bits per heavy atom. The van der Waals surface area contributed by atoms with Gasteiger partial charge in [0.05, 0.1) is 0 Å². The predicted octanol–water partition coefficient (Wildman–Crippen LogP) is 2.97. The number of ketones is 1. The molecule has 4 heteroatoms. The standard InChI is InChI=1S/C13H21NO3/c15-12(8-7-10-3-1-4-10)9-11-5-2-6-13(11)14(16)17/h10-11,13H,1-9H2/t11-,13-/m0/s1. The van der Waals surface area contributed by atoms with Gasteiger partial charge in [-0.3, -0.25) is 14.9 Å². The van der Waals surface area contributed by atoms with Crippen LogP contribution in [0.15, 0.2) is 0 Å². The van der Waals surface area contributed by atoms with Gasteiger partial charge in [-0.2, -0.15) is 0 Å². The number of rotatable bonds is 6. The molecule has 17 heavy (non-hydrogen) atoms. The first-order chi connectivity index (χ1) is 8.16. The van der Waals surface area contributed by atoms with Crippen molar-refractivity contribution in [3.63, 3.8) is 0 Å². The Morgan fingerprint density at radius 3 is 2.47 bits per heavy atom. The van der Waals surface area contributed by atoms with Gasteiger partial charge in [0.2, 0.25) is 6.04 Å². The maximum atomic E-state index is 11.8. The van der Waals surface area contributed by atoms with E-state index in [9.17, 15) is 14.9 Å². The molecule has 0 radical (unpaired) electrons. The molecular weight excluding hydrogens is 218 g/mol. The molecular formula is C13H21NO3. The van der Waals surface area contributed by atoms with E-state index in [1.165, 1.54) is 19.3 Å². The van der Waals surface area contributed by atoms with Crippen LogP contribution in [0.1, 0.15) is 57.8 Å². The third-order valence-electron chi connectivity index (χ3n) is 4.44. The average Bonchev–Trinajstić information content (AvgIpc) is 2.63. The maximum Gasteiger partial charge on any atom is 0.216 e. The molecule has 2 aliphatic rings. The van der Waals surface area contributed by atoms with Crippen LogP contribution in [0.4, 0.5) is 0 Å². The Kier molecular flexibility index (Phi) is 4.13. The van der Waals surface area contributed by atoms with Crippen LogP contribution < -0.4 is 0 Å². The highest BCUT2D eigenvalue weighted by atomic mass is 16.6. The third kappa shape index (κ3) is 3.27. The first kappa shape index (κ1) is 12.5. The molecule has 0 N–H and O–H groups in total. The number of nitrogens with zero attached hydrogens (tertiary/aromatic N) is 1. The van der Waals surface area contributed by atoms with Crippen LogP contribution >= 0.6 is 0 Å². The number of hydrogen-bond acceptors (Lipinski definition) is 3. The Bertz CT molecular complexity index is 299. The second kappa shape index (κ2) is 5.61. The van der Waals surface area contributed by atoms with Crippen molar-refractivity contribution in [2.24, 2.45) is 11.8 Å². The summed E-state index contributed by atoms with van der Waals surface area (Å²) in [6, 6.07) is -0.456. The number of carbonyl (C=O) groups excluding carboxylic acids is 1. The third-order valence-corrected chi connectivity index (χ3v) is 4.44. The molecule has 0 bridgehead atoms. The summed E-state index contributed by atoms with van der Waals surface area (Å²) < 4.78 is 0. The van der Waals surface area contributed by atoms with Crippen LogP contribution in [0.3, 0.4) is 0 Å². The number of nitro groups is 1. The zero-order valence-electron chi connectivity index (χ0n) is 10.3. The number of carbonyl (C=O) groups is 1. The molecule has 2 atom stereocenters. The van der Waals surface area contributed by atoms with Crippen molar-refractivity contribution in [2.45, 2.75) is 63.8 Å². The van der Waals surface area contributed by atoms with E-state index < -0.39 is 6.04 Å². The van der Waals surface area contributed by atoms with Gasteiger partial charge >= 0.3 is 0 Å². The van der Waals surface area contributed by atoms with Gasteiger partial charge in [0, 0.05) is 30.1 Å². The molecule has 0 aromatic rings. The molecule has 0 unspecified atom stereocenters. The van der Waals surface area contributed by atoms with Crippen molar-refractivity contribution in [2.75, 3.05) is 0 Å². The molecule has 2 saturated carbocycles. The number of Topliss-reactive ketones (excluding diaryl/α,β-unsaturated/α-hetero) is 1. The Balaban J connectivity index is 1.71. The molecule has 0 heterocycles. The minimum atomic E-state index is -0.456. The quantitative estimate of drug-likeness (QED) is 0.529. The highest BCUT2D eigenvalue weighted by molar-refractivity contribution is 5.78. The highest BCUT2D eigenvalue weighted by Gasteiger charge is 2.37. The zero-order chi connectivity index (χ0) is 12.3. The van der Waals surface area contributed by atoms with Crippen LogP contribution in [-0.4, -0.2) is 16.7 Å². The van der Waals surface area contributed by atoms with Gasteiger partial charge in [0.25, 0.3) is 0 Å². The van der Waals surface area contributed by atoms with E-state index in [4.69, 9.17) is 0 Å². The second-order valence-electron chi connectivity index (χ2n) is 5.62. The van der Waals surface area contributed by atoms with E-state index in [2.05, 4.69) is 0 Å².